The summed E-state index contributed by atoms with van der Waals surface area (Å²) in [5, 5.41) is 16.4. The van der Waals surface area contributed by atoms with Crippen LogP contribution in [0.1, 0.15) is 46.0 Å². The molecule has 3 N–H and O–H groups in total. The molecule has 2 bridgehead atoms. The Morgan fingerprint density at radius 1 is 1.08 bits per heavy atom. The number of hydrogen-bond acceptors (Lipinski definition) is 6. The number of aliphatic hydroxyl groups is 1. The van der Waals surface area contributed by atoms with Gasteiger partial charge in [-0.15, -0.1) is 0 Å². The van der Waals surface area contributed by atoms with E-state index in [1.54, 1.807) is 19.3 Å². The van der Waals surface area contributed by atoms with Crippen molar-refractivity contribution in [2.45, 2.75) is 70.3 Å². The highest BCUT2D eigenvalue weighted by Crippen LogP contribution is 2.66. The van der Waals surface area contributed by atoms with Crippen LogP contribution in [0.2, 0.25) is 0 Å². The van der Waals surface area contributed by atoms with Crippen molar-refractivity contribution in [2.75, 3.05) is 13.7 Å². The molecule has 6 rings (SSSR count). The van der Waals surface area contributed by atoms with E-state index >= 15 is 0 Å². The van der Waals surface area contributed by atoms with Gasteiger partial charge in [-0.1, -0.05) is 19.1 Å². The molecule has 0 aromatic heterocycles. The predicted octanol–water partition coefficient (Wildman–Crippen LogP) is 2.85. The van der Waals surface area contributed by atoms with Crippen molar-refractivity contribution in [1.82, 2.24) is 10.6 Å². The third-order valence-electron chi connectivity index (χ3n) is 10.6. The molecule has 6 aliphatic rings. The molecule has 38 heavy (non-hydrogen) atoms. The molecule has 8 nitrogen and oxygen atoms in total. The Morgan fingerprint density at radius 3 is 2.63 bits per heavy atom. The summed E-state index contributed by atoms with van der Waals surface area (Å²) in [6.07, 6.45) is 11.7. The lowest BCUT2D eigenvalue weighted by Gasteiger charge is -2.38. The number of carbonyl (C=O) groups excluding carboxylic acids is 3. The maximum absolute atomic E-state index is 12.9. The van der Waals surface area contributed by atoms with E-state index in [4.69, 9.17) is 9.47 Å². The molecular formula is C30H40N2O6. The number of carbonyl (C=O) groups is 3. The molecular weight excluding hydrogens is 484 g/mol. The second kappa shape index (κ2) is 9.94. The Bertz CT molecular complexity index is 1100. The predicted molar refractivity (Wildman–Crippen MR) is 140 cm³/mol. The van der Waals surface area contributed by atoms with Crippen LogP contribution in [0.3, 0.4) is 0 Å². The average molecular weight is 525 g/mol. The van der Waals surface area contributed by atoms with Crippen LogP contribution in [0, 0.1) is 47.3 Å². The van der Waals surface area contributed by atoms with Crippen molar-refractivity contribution in [3.05, 3.63) is 35.6 Å². The van der Waals surface area contributed by atoms with E-state index in [1.807, 2.05) is 12.2 Å². The summed E-state index contributed by atoms with van der Waals surface area (Å²) in [5.41, 5.74) is -0.152. The van der Waals surface area contributed by atoms with E-state index in [-0.39, 0.29) is 53.2 Å². The van der Waals surface area contributed by atoms with Crippen molar-refractivity contribution in [3.63, 3.8) is 0 Å². The van der Waals surface area contributed by atoms with E-state index in [0.717, 1.165) is 12.8 Å². The van der Waals surface area contributed by atoms with Crippen LogP contribution >= 0.6 is 0 Å². The van der Waals surface area contributed by atoms with Gasteiger partial charge in [0.15, 0.2) is 5.78 Å². The Morgan fingerprint density at radius 2 is 1.84 bits per heavy atom. The fourth-order valence-electron chi connectivity index (χ4n) is 9.00. The van der Waals surface area contributed by atoms with Crippen LogP contribution < -0.4 is 10.6 Å². The number of ether oxygens (including phenoxy) is 2. The van der Waals surface area contributed by atoms with Crippen LogP contribution in [0.15, 0.2) is 35.6 Å². The largest absolute Gasteiger partial charge is 0.507 e. The molecule has 12 atom stereocenters. The molecule has 0 aromatic carbocycles. The number of amides is 2. The lowest BCUT2D eigenvalue weighted by Crippen LogP contribution is -2.41. The minimum atomic E-state index is -0.664. The Balaban J connectivity index is 1.32. The number of ketones is 1. The highest BCUT2D eigenvalue weighted by atomic mass is 16.6. The number of rotatable bonds is 2. The summed E-state index contributed by atoms with van der Waals surface area (Å²) in [4.78, 5) is 37.8. The second-order valence-electron chi connectivity index (χ2n) is 12.4. The second-order valence-corrected chi connectivity index (χ2v) is 12.4. The minimum absolute atomic E-state index is 0.135. The van der Waals surface area contributed by atoms with Crippen molar-refractivity contribution >= 4 is 17.6 Å². The molecule has 206 valence electrons. The summed E-state index contributed by atoms with van der Waals surface area (Å²) in [6.45, 7) is 4.96. The molecule has 0 aromatic rings. The van der Waals surface area contributed by atoms with Gasteiger partial charge in [-0.25, -0.2) is 0 Å². The number of fused-ring (bicyclic) bond motifs is 10. The monoisotopic (exact) mass is 524 g/mol. The van der Waals surface area contributed by atoms with Crippen molar-refractivity contribution in [1.29, 1.82) is 0 Å². The molecule has 2 amide bonds. The zero-order valence-corrected chi connectivity index (χ0v) is 22.5. The third kappa shape index (κ3) is 4.24. The zero-order chi connectivity index (χ0) is 26.7. The van der Waals surface area contributed by atoms with E-state index in [9.17, 15) is 19.5 Å². The molecule has 3 aliphatic heterocycles. The quantitative estimate of drug-likeness (QED) is 0.378. The van der Waals surface area contributed by atoms with Gasteiger partial charge in [-0.3, -0.25) is 14.4 Å². The van der Waals surface area contributed by atoms with Gasteiger partial charge >= 0.3 is 0 Å². The van der Waals surface area contributed by atoms with Crippen molar-refractivity contribution < 1.29 is 29.0 Å². The highest BCUT2D eigenvalue weighted by Gasteiger charge is 2.68. The lowest BCUT2D eigenvalue weighted by atomic mass is 9.65. The molecule has 3 heterocycles. The smallest absolute Gasteiger partial charge is 0.259 e. The fraction of sp³-hybridized carbons (Fsp3) is 0.700. The van der Waals surface area contributed by atoms with Gasteiger partial charge in [0.2, 0.25) is 5.91 Å². The fourth-order valence-corrected chi connectivity index (χ4v) is 9.00. The Labute approximate surface area is 224 Å². The number of aliphatic hydroxyl groups excluding tert-OH is 1. The summed E-state index contributed by atoms with van der Waals surface area (Å²) in [5.74, 6) is 2.16. The Kier molecular flexibility index (Phi) is 6.75. The van der Waals surface area contributed by atoms with Gasteiger partial charge in [0, 0.05) is 13.7 Å². The van der Waals surface area contributed by atoms with E-state index in [0.29, 0.717) is 54.9 Å². The van der Waals surface area contributed by atoms with Gasteiger partial charge in [0.1, 0.15) is 11.3 Å². The van der Waals surface area contributed by atoms with Crippen LogP contribution in [0.25, 0.3) is 0 Å². The first-order valence-corrected chi connectivity index (χ1v) is 14.4. The lowest BCUT2D eigenvalue weighted by molar-refractivity contribution is -0.118. The van der Waals surface area contributed by atoms with Gasteiger partial charge < -0.3 is 25.2 Å². The van der Waals surface area contributed by atoms with Crippen LogP contribution in [-0.2, 0) is 23.9 Å². The van der Waals surface area contributed by atoms with Gasteiger partial charge in [-0.05, 0) is 98.5 Å². The standard InChI is InChI=1S/C30H40N2O6/c1-14-12-18-19-13-16-9-10-21(33)26-27(35)20(32-30(26)36)7-5-11-31-22(34)8-4-6-17(16)24(19)28-29(38-28)25(18)23(14)15(2)37-3/h4,8-10,14-20,23-25,28-29,33H,5-7,11-13H2,1-3H3,(H,31,34)(H,32,36)/b8-4-,10-9+,26-21?/t14-,15+,16-,17+,18-,19-,20+,23+,24?,25-,28-,29+/m1/s1. The maximum atomic E-state index is 12.9. The first-order valence-electron chi connectivity index (χ1n) is 14.4. The maximum Gasteiger partial charge on any atom is 0.259 e. The molecule has 5 fully saturated rings. The third-order valence-corrected chi connectivity index (χ3v) is 10.6. The molecule has 3 saturated carbocycles. The molecule has 1 unspecified atom stereocenters. The van der Waals surface area contributed by atoms with Crippen LogP contribution in [-0.4, -0.2) is 60.7 Å². The first-order chi connectivity index (χ1) is 18.3. The first kappa shape index (κ1) is 25.8. The molecule has 8 heteroatoms. The van der Waals surface area contributed by atoms with Gasteiger partial charge in [0.05, 0.1) is 24.4 Å². The van der Waals surface area contributed by atoms with Gasteiger partial charge in [0.25, 0.3) is 5.91 Å². The molecule has 3 aliphatic carbocycles. The molecule has 2 saturated heterocycles. The summed E-state index contributed by atoms with van der Waals surface area (Å²) in [6, 6.07) is -0.664. The highest BCUT2D eigenvalue weighted by molar-refractivity contribution is 6.27. The number of hydrogen-bond donors (Lipinski definition) is 3. The van der Waals surface area contributed by atoms with E-state index in [1.165, 1.54) is 6.42 Å². The van der Waals surface area contributed by atoms with Crippen LogP contribution in [0.5, 0.6) is 0 Å². The zero-order valence-electron chi connectivity index (χ0n) is 22.5. The van der Waals surface area contributed by atoms with E-state index in [2.05, 4.69) is 24.5 Å². The number of Topliss-reactive ketones (excluding diaryl/α,β-unsaturated/α-hetero) is 1. The summed E-state index contributed by atoms with van der Waals surface area (Å²) >= 11 is 0. The summed E-state index contributed by atoms with van der Waals surface area (Å²) < 4.78 is 12.2. The number of nitrogens with one attached hydrogen (secondary N) is 2. The summed E-state index contributed by atoms with van der Waals surface area (Å²) in [7, 11) is 1.80. The molecule has 0 radical (unpaired) electrons. The normalized spacial score (nSPS) is 46.8. The number of allylic oxidation sites excluding steroid dienone is 3. The number of epoxide rings is 1. The Hall–Kier alpha value is -2.45. The van der Waals surface area contributed by atoms with E-state index < -0.39 is 11.9 Å². The average Bonchev–Trinajstić information content (AvgIpc) is 3.35. The van der Waals surface area contributed by atoms with Crippen molar-refractivity contribution in [3.8, 4) is 0 Å². The topological polar surface area (TPSA) is 117 Å². The SMILES string of the molecule is CO[C@@H](C)[C@H]1[C@H]2[C@H](C[C@H]1C)[C@H]1C[C@H]3/C=C/C(O)=C4C(=O)N[C@@H](CCCNC(=O)/C=C\C[C@@H]3C1[C@H]1O[C@@H]21)C4=O. The van der Waals surface area contributed by atoms with Crippen LogP contribution in [0.4, 0.5) is 0 Å². The number of methoxy groups -OCH3 is 1. The molecule has 0 spiro atoms. The minimum Gasteiger partial charge on any atom is -0.507 e. The van der Waals surface area contributed by atoms with Gasteiger partial charge in [-0.2, -0.15) is 0 Å². The van der Waals surface area contributed by atoms with Crippen molar-refractivity contribution in [2.24, 2.45) is 47.3 Å².